The Kier molecular flexibility index (Phi) is 38.5. The Balaban J connectivity index is 0.000000901. The Bertz CT molecular complexity index is 1680. The van der Waals surface area contributed by atoms with Crippen LogP contribution in [0.4, 0.5) is 0 Å². The van der Waals surface area contributed by atoms with Crippen molar-refractivity contribution in [3.8, 4) is 29.4 Å². The van der Waals surface area contributed by atoms with Crippen molar-refractivity contribution in [2.45, 2.75) is 156 Å². The van der Waals surface area contributed by atoms with Crippen molar-refractivity contribution in [2.75, 3.05) is 52.1 Å². The van der Waals surface area contributed by atoms with E-state index in [0.717, 1.165) is 66.1 Å². The van der Waals surface area contributed by atoms with Gasteiger partial charge in [-0.2, -0.15) is 10.5 Å². The molecule has 3 aromatic rings. The number of aliphatic hydroxyl groups is 2. The fraction of sp³-hybridized carbons (Fsp3) is 0.636. The molecule has 0 aliphatic heterocycles. The molecule has 0 amide bonds. The molecule has 0 aromatic heterocycles. The van der Waals surface area contributed by atoms with Crippen LogP contribution in [0.15, 0.2) is 72.8 Å². The molecule has 66 heavy (non-hydrogen) atoms. The summed E-state index contributed by atoms with van der Waals surface area (Å²) < 4.78 is 28.6. The lowest BCUT2D eigenvalue weighted by Gasteiger charge is -2.22. The van der Waals surface area contributed by atoms with Crippen molar-refractivity contribution in [1.29, 1.82) is 10.5 Å². The van der Waals surface area contributed by atoms with E-state index >= 15 is 0 Å². The first-order valence-electron chi connectivity index (χ1n) is 23.7. The molecule has 0 saturated heterocycles. The Morgan fingerprint density at radius 3 is 1.26 bits per heavy atom. The minimum Gasteiger partial charge on any atom is -0.493 e. The second-order valence-corrected chi connectivity index (χ2v) is 16.7. The third-order valence-electron chi connectivity index (χ3n) is 11.9. The van der Waals surface area contributed by atoms with Gasteiger partial charge in [-0.15, -0.1) is 0 Å². The minimum absolute atomic E-state index is 0. The molecule has 6 rings (SSSR count). The number of aliphatic hydroxyl groups excluding tert-OH is 2. The number of benzene rings is 3. The molecule has 3 saturated carbocycles. The number of methoxy groups -OCH3 is 2. The normalized spacial score (nSPS) is 16.2. The lowest BCUT2D eigenvalue weighted by Crippen LogP contribution is -2.15. The van der Waals surface area contributed by atoms with Gasteiger partial charge in [-0.3, -0.25) is 0 Å². The highest BCUT2D eigenvalue weighted by Crippen LogP contribution is 2.30. The Morgan fingerprint density at radius 2 is 0.924 bits per heavy atom. The fourth-order valence-corrected chi connectivity index (χ4v) is 8.32. The molecule has 3 aliphatic rings. The van der Waals surface area contributed by atoms with E-state index in [1.807, 2.05) is 71.7 Å². The van der Waals surface area contributed by atoms with E-state index in [-0.39, 0.29) is 40.1 Å². The van der Waals surface area contributed by atoms with Gasteiger partial charge in [0.1, 0.15) is 17.2 Å². The Morgan fingerprint density at radius 1 is 0.591 bits per heavy atom. The maximum absolute atomic E-state index is 9.78. The number of alkyl halides is 1. The zero-order chi connectivity index (χ0) is 46.6. The predicted molar refractivity (Wildman–Crippen MR) is 280 cm³/mol. The minimum atomic E-state index is -0.719. The van der Waals surface area contributed by atoms with Crippen LogP contribution in [0.3, 0.4) is 0 Å². The third kappa shape index (κ3) is 26.2. The lowest BCUT2D eigenvalue weighted by atomic mass is 9.90. The Labute approximate surface area is 415 Å². The van der Waals surface area contributed by atoms with Gasteiger partial charge in [0, 0.05) is 20.8 Å². The quantitative estimate of drug-likeness (QED) is 0.0826. The molecular formula is C55H88IN3O7. The van der Waals surface area contributed by atoms with Gasteiger partial charge in [-0.25, -0.2) is 0 Å². The van der Waals surface area contributed by atoms with Crippen LogP contribution in [-0.2, 0) is 9.47 Å². The average molecular weight is 1030 g/mol. The van der Waals surface area contributed by atoms with E-state index in [1.54, 1.807) is 21.1 Å². The molecule has 3 atom stereocenters. The second kappa shape index (κ2) is 40.6. The van der Waals surface area contributed by atoms with Crippen molar-refractivity contribution in [1.82, 2.24) is 0 Å². The average Bonchev–Trinajstić information content (AvgIpc) is 3.35. The van der Waals surface area contributed by atoms with Gasteiger partial charge in [-0.1, -0.05) is 132 Å². The van der Waals surface area contributed by atoms with Crippen molar-refractivity contribution >= 4 is 22.6 Å². The van der Waals surface area contributed by atoms with Gasteiger partial charge >= 0.3 is 0 Å². The molecule has 11 heteroatoms. The van der Waals surface area contributed by atoms with Gasteiger partial charge in [0.15, 0.2) is 0 Å². The highest BCUT2D eigenvalue weighted by molar-refractivity contribution is 14.1. The summed E-state index contributed by atoms with van der Waals surface area (Å²) in [5.41, 5.74) is 8.54. The van der Waals surface area contributed by atoms with E-state index in [1.165, 1.54) is 96.3 Å². The van der Waals surface area contributed by atoms with Crippen molar-refractivity contribution < 1.29 is 33.9 Å². The predicted octanol–water partition coefficient (Wildman–Crippen LogP) is 13.8. The van der Waals surface area contributed by atoms with Crippen LogP contribution in [-0.4, -0.2) is 62.3 Å². The molecule has 10 nitrogen and oxygen atoms in total. The number of nitrogens with two attached hydrogens (primary N) is 1. The van der Waals surface area contributed by atoms with Crippen LogP contribution in [0.5, 0.6) is 17.2 Å². The summed E-state index contributed by atoms with van der Waals surface area (Å²) in [5.74, 6) is 4.72. The number of hydrogen-bond acceptors (Lipinski definition) is 10. The fourth-order valence-electron chi connectivity index (χ4n) is 8.32. The maximum atomic E-state index is 9.78. The molecule has 372 valence electrons. The highest BCUT2D eigenvalue weighted by Gasteiger charge is 2.18. The molecule has 0 heterocycles. The molecular weight excluding hydrogens is 942 g/mol. The van der Waals surface area contributed by atoms with E-state index in [0.29, 0.717) is 24.8 Å². The summed E-state index contributed by atoms with van der Waals surface area (Å²) >= 11 is 2.15. The van der Waals surface area contributed by atoms with E-state index in [4.69, 9.17) is 45.0 Å². The van der Waals surface area contributed by atoms with Gasteiger partial charge in [0.05, 0.1) is 63.1 Å². The zero-order valence-electron chi connectivity index (χ0n) is 39.4. The summed E-state index contributed by atoms with van der Waals surface area (Å²) in [6.07, 6.45) is 20.3. The molecule has 3 aliphatic carbocycles. The standard InChI is InChI=1S/C17H27NO2.C17H23NO2.C16H21NO2.C2H6O.CH3I.2CH4/c2*1-19-17(10-11-18)15-8-5-9-16(12-15)20-13-14-6-3-2-4-7-14;17-10-9-16(18)14-7-4-8-15(11-14)19-12-13-5-2-1-3-6-13;1-2-3;1-2;;/h5,8-9,12,14,17H,2-4,6-7,10-11,13,18H2,1H3;5,8-9,12,14,17H,2-4,6-7,10,13H2,1H3;4,7-8,11,13,16,18H,1-3,5-6,9,12H2;3H,2H2,1H3;1H3;2*1H4. The largest absolute Gasteiger partial charge is 0.493 e. The molecule has 0 bridgehead atoms. The number of halogens is 1. The number of nitrogens with zero attached hydrogens (tertiary/aromatic N) is 2. The number of ether oxygens (including phenoxy) is 5. The van der Waals surface area contributed by atoms with Crippen molar-refractivity contribution in [2.24, 2.45) is 23.5 Å². The first-order chi connectivity index (χ1) is 31.4. The van der Waals surface area contributed by atoms with Gasteiger partial charge < -0.3 is 39.6 Å². The van der Waals surface area contributed by atoms with Crippen molar-refractivity contribution in [3.63, 3.8) is 0 Å². The van der Waals surface area contributed by atoms with E-state index in [2.05, 4.69) is 40.8 Å². The second-order valence-electron chi connectivity index (χ2n) is 16.7. The third-order valence-corrected chi connectivity index (χ3v) is 11.9. The van der Waals surface area contributed by atoms with Gasteiger partial charge in [0.25, 0.3) is 0 Å². The summed E-state index contributed by atoms with van der Waals surface area (Å²) in [6.45, 7) is 4.97. The van der Waals surface area contributed by atoms with Crippen LogP contribution >= 0.6 is 22.6 Å². The topological polar surface area (TPSA) is 160 Å². The SMILES string of the molecule is C.C.CCO.CI.COC(CC#N)c1cccc(OCC2CCCCC2)c1.COC(CCN)c1cccc(OCC2CCCCC2)c1.N#CCC(O)c1cccc(OCC2CCCCC2)c1. The smallest absolute Gasteiger partial charge is 0.119 e. The van der Waals surface area contributed by atoms with Crippen LogP contribution in [0.1, 0.15) is 172 Å². The van der Waals surface area contributed by atoms with Crippen molar-refractivity contribution in [3.05, 3.63) is 89.5 Å². The molecule has 3 fully saturated rings. The molecule has 3 aromatic carbocycles. The molecule has 0 spiro atoms. The maximum Gasteiger partial charge on any atom is 0.119 e. The monoisotopic (exact) mass is 1030 g/mol. The summed E-state index contributed by atoms with van der Waals surface area (Å²) in [5, 5.41) is 34.8. The molecule has 4 N–H and O–H groups in total. The van der Waals surface area contributed by atoms with Gasteiger partial charge in [-0.05, 0) is 134 Å². The van der Waals surface area contributed by atoms with Crippen LogP contribution in [0.25, 0.3) is 0 Å². The number of hydrogen-bond donors (Lipinski definition) is 3. The Hall–Kier alpha value is -3.43. The highest BCUT2D eigenvalue weighted by atomic mass is 127. The first-order valence-corrected chi connectivity index (χ1v) is 25.9. The van der Waals surface area contributed by atoms with E-state index in [9.17, 15) is 5.11 Å². The number of rotatable bonds is 18. The molecule has 0 radical (unpaired) electrons. The van der Waals surface area contributed by atoms with Crippen LogP contribution < -0.4 is 19.9 Å². The van der Waals surface area contributed by atoms with Crippen LogP contribution in [0.2, 0.25) is 0 Å². The number of nitriles is 2. The molecule has 3 unspecified atom stereocenters. The summed E-state index contributed by atoms with van der Waals surface area (Å²) in [7, 11) is 3.37. The van der Waals surface area contributed by atoms with E-state index < -0.39 is 6.10 Å². The summed E-state index contributed by atoms with van der Waals surface area (Å²) in [4.78, 5) is 1.97. The van der Waals surface area contributed by atoms with Crippen LogP contribution in [0, 0.1) is 40.4 Å². The van der Waals surface area contributed by atoms with Gasteiger partial charge in [0.2, 0.25) is 0 Å². The summed E-state index contributed by atoms with van der Waals surface area (Å²) in [6, 6.07) is 27.7. The lowest BCUT2D eigenvalue weighted by molar-refractivity contribution is 0.0974. The zero-order valence-corrected chi connectivity index (χ0v) is 41.6. The first kappa shape index (κ1) is 62.6.